The van der Waals surface area contributed by atoms with Crippen LogP contribution in [0.1, 0.15) is 19.3 Å². The number of amides is 2. The fourth-order valence-electron chi connectivity index (χ4n) is 5.27. The summed E-state index contributed by atoms with van der Waals surface area (Å²) in [5.74, 6) is 0.948. The predicted octanol–water partition coefficient (Wildman–Crippen LogP) is 0.400. The molecule has 3 fully saturated rings. The zero-order valence-corrected chi connectivity index (χ0v) is 16.1. The molecule has 2 spiro atoms. The van der Waals surface area contributed by atoms with Crippen LogP contribution in [-0.2, 0) is 14.3 Å². The molecule has 3 aliphatic rings. The number of nitrogens with zero attached hydrogens (tertiary/aromatic N) is 5. The van der Waals surface area contributed by atoms with E-state index in [2.05, 4.69) is 14.9 Å². The number of hydrogen-bond donors (Lipinski definition) is 0. The minimum Gasteiger partial charge on any atom is -0.375 e. The van der Waals surface area contributed by atoms with E-state index >= 15 is 0 Å². The van der Waals surface area contributed by atoms with Gasteiger partial charge in [0.05, 0.1) is 5.41 Å². The molecule has 8 nitrogen and oxygen atoms in total. The number of likely N-dealkylation sites (tertiary alicyclic amines) is 2. The summed E-state index contributed by atoms with van der Waals surface area (Å²) in [6.45, 7) is 3.67. The van der Waals surface area contributed by atoms with Crippen LogP contribution in [0.25, 0.3) is 0 Å². The Kier molecular flexibility index (Phi) is 4.53. The van der Waals surface area contributed by atoms with Crippen molar-refractivity contribution in [2.24, 2.45) is 10.8 Å². The van der Waals surface area contributed by atoms with Gasteiger partial charge in [0, 0.05) is 64.7 Å². The molecule has 0 bridgehead atoms. The lowest BCUT2D eigenvalue weighted by Crippen LogP contribution is -2.53. The highest BCUT2D eigenvalue weighted by molar-refractivity contribution is 5.87. The first-order chi connectivity index (χ1) is 13.0. The highest BCUT2D eigenvalue weighted by atomic mass is 16.5. The van der Waals surface area contributed by atoms with Gasteiger partial charge in [0.15, 0.2) is 0 Å². The molecule has 1 atom stereocenters. The van der Waals surface area contributed by atoms with Crippen LogP contribution in [0, 0.1) is 10.8 Å². The summed E-state index contributed by atoms with van der Waals surface area (Å²) < 4.78 is 5.00. The molecule has 1 aromatic heterocycles. The lowest BCUT2D eigenvalue weighted by Gasteiger charge is -2.46. The maximum absolute atomic E-state index is 13.3. The lowest BCUT2D eigenvalue weighted by atomic mass is 9.60. The standard InChI is InChI=1S/C19H27N5O3/c1-22-9-6-19(16(22)26)14-24(17-20-7-3-8-21-17)13-18(19)4-10-23(11-5-18)15(25)12-27-2/h3,7-8H,4-6,9-14H2,1-2H3/t19-/m1/s1. The van der Waals surface area contributed by atoms with Gasteiger partial charge in [-0.2, -0.15) is 0 Å². The van der Waals surface area contributed by atoms with Crippen molar-refractivity contribution >= 4 is 17.8 Å². The predicted molar refractivity (Wildman–Crippen MR) is 99.1 cm³/mol. The molecule has 8 heteroatoms. The van der Waals surface area contributed by atoms with Crippen molar-refractivity contribution < 1.29 is 14.3 Å². The fourth-order valence-corrected chi connectivity index (χ4v) is 5.27. The highest BCUT2D eigenvalue weighted by Gasteiger charge is 2.65. The quantitative estimate of drug-likeness (QED) is 0.763. The Morgan fingerprint density at radius 3 is 2.44 bits per heavy atom. The van der Waals surface area contributed by atoms with Gasteiger partial charge in [0.25, 0.3) is 0 Å². The van der Waals surface area contributed by atoms with Crippen LogP contribution in [0.3, 0.4) is 0 Å². The Bertz CT molecular complexity index is 719. The zero-order chi connectivity index (χ0) is 19.1. The average Bonchev–Trinajstić information content (AvgIpc) is 3.16. The monoisotopic (exact) mass is 373 g/mol. The van der Waals surface area contributed by atoms with E-state index in [0.717, 1.165) is 32.4 Å². The number of carbonyl (C=O) groups is 2. The molecule has 0 aromatic carbocycles. The van der Waals surface area contributed by atoms with E-state index in [1.165, 1.54) is 0 Å². The summed E-state index contributed by atoms with van der Waals surface area (Å²) >= 11 is 0. The molecule has 3 saturated heterocycles. The minimum atomic E-state index is -0.405. The molecule has 4 heterocycles. The number of carbonyl (C=O) groups excluding carboxylic acids is 2. The molecule has 2 amide bonds. The molecule has 146 valence electrons. The molecule has 0 radical (unpaired) electrons. The van der Waals surface area contributed by atoms with Gasteiger partial charge in [-0.25, -0.2) is 9.97 Å². The second-order valence-corrected chi connectivity index (χ2v) is 8.06. The molecule has 0 aliphatic carbocycles. The van der Waals surface area contributed by atoms with E-state index in [1.807, 2.05) is 16.8 Å². The van der Waals surface area contributed by atoms with Gasteiger partial charge in [0.1, 0.15) is 6.61 Å². The van der Waals surface area contributed by atoms with Gasteiger partial charge >= 0.3 is 0 Å². The van der Waals surface area contributed by atoms with Crippen molar-refractivity contribution in [2.75, 3.05) is 58.4 Å². The molecule has 1 aromatic rings. The highest BCUT2D eigenvalue weighted by Crippen LogP contribution is 2.57. The summed E-state index contributed by atoms with van der Waals surface area (Å²) in [5.41, 5.74) is -0.546. The zero-order valence-electron chi connectivity index (χ0n) is 16.1. The number of hydrogen-bond acceptors (Lipinski definition) is 6. The van der Waals surface area contributed by atoms with E-state index < -0.39 is 5.41 Å². The van der Waals surface area contributed by atoms with Crippen LogP contribution in [0.4, 0.5) is 5.95 Å². The van der Waals surface area contributed by atoms with Crippen LogP contribution < -0.4 is 4.90 Å². The summed E-state index contributed by atoms with van der Waals surface area (Å²) in [5, 5.41) is 0. The van der Waals surface area contributed by atoms with Crippen molar-refractivity contribution in [3.63, 3.8) is 0 Å². The van der Waals surface area contributed by atoms with E-state index in [0.29, 0.717) is 25.6 Å². The summed E-state index contributed by atoms with van der Waals surface area (Å²) in [7, 11) is 3.43. The molecule has 0 saturated carbocycles. The van der Waals surface area contributed by atoms with Crippen molar-refractivity contribution in [2.45, 2.75) is 19.3 Å². The number of rotatable bonds is 3. The van der Waals surface area contributed by atoms with Gasteiger partial charge in [-0.3, -0.25) is 9.59 Å². The Morgan fingerprint density at radius 1 is 1.15 bits per heavy atom. The molecule has 0 unspecified atom stereocenters. The van der Waals surface area contributed by atoms with E-state index in [1.54, 1.807) is 25.6 Å². The van der Waals surface area contributed by atoms with Gasteiger partial charge in [-0.15, -0.1) is 0 Å². The number of fused-ring (bicyclic) bond motifs is 1. The Labute approximate surface area is 159 Å². The van der Waals surface area contributed by atoms with Crippen LogP contribution in [-0.4, -0.2) is 85.1 Å². The molecular weight excluding hydrogens is 346 g/mol. The lowest BCUT2D eigenvalue weighted by molar-refractivity contribution is -0.144. The third-order valence-corrected chi connectivity index (χ3v) is 6.78. The van der Waals surface area contributed by atoms with Crippen LogP contribution in [0.15, 0.2) is 18.5 Å². The van der Waals surface area contributed by atoms with Crippen LogP contribution in [0.2, 0.25) is 0 Å². The van der Waals surface area contributed by atoms with E-state index in [-0.39, 0.29) is 23.8 Å². The van der Waals surface area contributed by atoms with Crippen LogP contribution in [0.5, 0.6) is 0 Å². The topological polar surface area (TPSA) is 78.9 Å². The van der Waals surface area contributed by atoms with Crippen molar-refractivity contribution in [1.29, 1.82) is 0 Å². The Morgan fingerprint density at radius 2 is 1.85 bits per heavy atom. The number of ether oxygens (including phenoxy) is 1. The van der Waals surface area contributed by atoms with Crippen molar-refractivity contribution in [1.82, 2.24) is 19.8 Å². The molecule has 0 N–H and O–H groups in total. The number of methoxy groups -OCH3 is 1. The summed E-state index contributed by atoms with van der Waals surface area (Å²) in [6.07, 6.45) is 6.00. The third kappa shape index (κ3) is 2.77. The number of aromatic nitrogens is 2. The number of anilines is 1. The van der Waals surface area contributed by atoms with Gasteiger partial charge in [-0.05, 0) is 25.3 Å². The van der Waals surface area contributed by atoms with Gasteiger partial charge in [0.2, 0.25) is 17.8 Å². The molecular formula is C19H27N5O3. The average molecular weight is 373 g/mol. The maximum atomic E-state index is 13.3. The summed E-state index contributed by atoms with van der Waals surface area (Å²) in [6, 6.07) is 1.81. The Balaban J connectivity index is 1.62. The maximum Gasteiger partial charge on any atom is 0.248 e. The second kappa shape index (κ2) is 6.74. The molecule has 3 aliphatic heterocycles. The summed E-state index contributed by atoms with van der Waals surface area (Å²) in [4.78, 5) is 40.2. The van der Waals surface area contributed by atoms with Gasteiger partial charge < -0.3 is 19.4 Å². The van der Waals surface area contributed by atoms with Crippen molar-refractivity contribution in [3.05, 3.63) is 18.5 Å². The van der Waals surface area contributed by atoms with E-state index in [4.69, 9.17) is 4.74 Å². The van der Waals surface area contributed by atoms with E-state index in [9.17, 15) is 9.59 Å². The SMILES string of the molecule is COCC(=O)N1CCC2(CC1)CN(c1ncccn1)C[C@@]21CCN(C)C1=O. The van der Waals surface area contributed by atoms with Crippen molar-refractivity contribution in [3.8, 4) is 0 Å². The first kappa shape index (κ1) is 18.2. The van der Waals surface area contributed by atoms with Crippen LogP contribution >= 0.6 is 0 Å². The molecule has 4 rings (SSSR count). The first-order valence-corrected chi connectivity index (χ1v) is 9.56. The minimum absolute atomic E-state index is 0.0255. The molecule has 27 heavy (non-hydrogen) atoms. The fraction of sp³-hybridized carbons (Fsp3) is 0.684. The Hall–Kier alpha value is -2.22. The van der Waals surface area contributed by atoms with Gasteiger partial charge in [-0.1, -0.05) is 0 Å². The first-order valence-electron chi connectivity index (χ1n) is 9.56. The number of piperidine rings is 1. The normalized spacial score (nSPS) is 27.2. The third-order valence-electron chi connectivity index (χ3n) is 6.78. The second-order valence-electron chi connectivity index (χ2n) is 8.06. The largest absolute Gasteiger partial charge is 0.375 e. The smallest absolute Gasteiger partial charge is 0.248 e.